The molecule has 8 heteroatoms. The molecule has 0 aliphatic carbocycles. The molecule has 7 nitrogen and oxygen atoms in total. The smallest absolute Gasteiger partial charge is 0.250 e. The number of aromatic nitrogens is 1. The van der Waals surface area contributed by atoms with E-state index in [0.717, 1.165) is 16.7 Å². The van der Waals surface area contributed by atoms with Crippen molar-refractivity contribution in [2.24, 2.45) is 0 Å². The van der Waals surface area contributed by atoms with E-state index in [1.807, 2.05) is 30.3 Å². The van der Waals surface area contributed by atoms with Gasteiger partial charge in [-0.2, -0.15) is 0 Å². The van der Waals surface area contributed by atoms with E-state index in [4.69, 9.17) is 0 Å². The van der Waals surface area contributed by atoms with Crippen LogP contribution in [0.1, 0.15) is 23.1 Å². The van der Waals surface area contributed by atoms with Gasteiger partial charge in [0.2, 0.25) is 15.9 Å². The predicted octanol–water partition coefficient (Wildman–Crippen LogP) is 2.77. The number of pyridine rings is 1. The molecule has 33 heavy (non-hydrogen) atoms. The maximum absolute atomic E-state index is 12.2. The molecule has 0 bridgehead atoms. The maximum Gasteiger partial charge on any atom is 0.250 e. The Hall–Kier alpha value is -3.65. The monoisotopic (exact) mass is 463 g/mol. The molecular formula is C25H25N3O4S. The second-order valence-electron chi connectivity index (χ2n) is 7.87. The van der Waals surface area contributed by atoms with Gasteiger partial charge in [0.1, 0.15) is 0 Å². The fourth-order valence-electron chi connectivity index (χ4n) is 3.65. The van der Waals surface area contributed by atoms with E-state index in [1.165, 1.54) is 16.4 Å². The van der Waals surface area contributed by atoms with Gasteiger partial charge in [-0.05, 0) is 47.4 Å². The van der Waals surface area contributed by atoms with Crippen LogP contribution < -0.4 is 15.2 Å². The summed E-state index contributed by atoms with van der Waals surface area (Å²) in [4.78, 5) is 24.0. The van der Waals surface area contributed by atoms with Gasteiger partial charge in [0, 0.05) is 31.4 Å². The molecule has 2 aromatic carbocycles. The van der Waals surface area contributed by atoms with Crippen LogP contribution in [-0.4, -0.2) is 31.2 Å². The van der Waals surface area contributed by atoms with Gasteiger partial charge in [0.25, 0.3) is 5.56 Å². The molecule has 0 saturated carbocycles. The third kappa shape index (κ3) is 5.78. The van der Waals surface area contributed by atoms with Crippen LogP contribution in [0.5, 0.6) is 0 Å². The summed E-state index contributed by atoms with van der Waals surface area (Å²) in [5.41, 5.74) is 3.37. The molecule has 1 N–H and O–H groups in total. The quantitative estimate of drug-likeness (QED) is 0.546. The first-order valence-corrected chi connectivity index (χ1v) is 12.3. The van der Waals surface area contributed by atoms with Gasteiger partial charge in [-0.1, -0.05) is 42.5 Å². The van der Waals surface area contributed by atoms with Crippen LogP contribution in [0, 0.1) is 0 Å². The first-order valence-electron chi connectivity index (χ1n) is 10.7. The number of hydrogen-bond acceptors (Lipinski definition) is 4. The van der Waals surface area contributed by atoms with Crippen molar-refractivity contribution >= 4 is 27.7 Å². The van der Waals surface area contributed by atoms with Crippen LogP contribution >= 0.6 is 0 Å². The Kier molecular flexibility index (Phi) is 6.74. The summed E-state index contributed by atoms with van der Waals surface area (Å²) in [6.45, 7) is 1.39. The minimum Gasteiger partial charge on any atom is -0.348 e. The fraction of sp³-hybridized carbons (Fsp3) is 0.200. The third-order valence-electron chi connectivity index (χ3n) is 5.45. The van der Waals surface area contributed by atoms with Crippen molar-refractivity contribution < 1.29 is 13.2 Å². The molecule has 3 aromatic rings. The van der Waals surface area contributed by atoms with Crippen molar-refractivity contribution in [2.75, 3.05) is 16.6 Å². The lowest BCUT2D eigenvalue weighted by atomic mass is 10.1. The van der Waals surface area contributed by atoms with Gasteiger partial charge in [0.05, 0.1) is 18.0 Å². The minimum atomic E-state index is -3.20. The molecule has 1 aromatic heterocycles. The summed E-state index contributed by atoms with van der Waals surface area (Å²) in [5.74, 6) is -0.0361. The van der Waals surface area contributed by atoms with E-state index in [-0.39, 0.29) is 17.2 Å². The Balaban J connectivity index is 1.28. The Morgan fingerprint density at radius 1 is 0.970 bits per heavy atom. The first-order chi connectivity index (χ1) is 15.9. The number of rotatable bonds is 7. The standard InChI is InChI=1S/C25H25N3O4S/c29-24(14-11-20-9-12-23(13-10-20)28-16-3-17-33(28,31)32)26-18-21-5-7-22(8-6-21)19-27-15-2-1-4-25(27)30/h1-2,4-15H,3,16-19H2,(H,26,29)/b14-11+. The number of benzene rings is 2. The summed E-state index contributed by atoms with van der Waals surface area (Å²) in [6, 6.07) is 19.9. The highest BCUT2D eigenvalue weighted by Gasteiger charge is 2.28. The summed E-state index contributed by atoms with van der Waals surface area (Å²) < 4.78 is 27.1. The van der Waals surface area contributed by atoms with Crippen LogP contribution in [-0.2, 0) is 27.9 Å². The Bertz CT molecular complexity index is 1310. The molecule has 1 saturated heterocycles. The molecule has 0 atom stereocenters. The predicted molar refractivity (Wildman–Crippen MR) is 129 cm³/mol. The zero-order valence-corrected chi connectivity index (χ0v) is 18.9. The van der Waals surface area contributed by atoms with E-state index in [9.17, 15) is 18.0 Å². The van der Waals surface area contributed by atoms with Gasteiger partial charge in [-0.3, -0.25) is 13.9 Å². The Morgan fingerprint density at radius 2 is 1.70 bits per heavy atom. The number of amides is 1. The second kappa shape index (κ2) is 9.87. The average molecular weight is 464 g/mol. The normalized spacial score (nSPS) is 15.1. The number of anilines is 1. The van der Waals surface area contributed by atoms with Crippen molar-refractivity contribution in [3.63, 3.8) is 0 Å². The highest BCUT2D eigenvalue weighted by Crippen LogP contribution is 2.24. The Morgan fingerprint density at radius 3 is 2.36 bits per heavy atom. The fourth-order valence-corrected chi connectivity index (χ4v) is 5.22. The third-order valence-corrected chi connectivity index (χ3v) is 7.32. The molecule has 0 unspecified atom stereocenters. The molecule has 4 rings (SSSR count). The number of carbonyl (C=O) groups excluding carboxylic acids is 1. The molecule has 170 valence electrons. The van der Waals surface area contributed by atoms with E-state index in [1.54, 1.807) is 47.2 Å². The van der Waals surface area contributed by atoms with Crippen LogP contribution in [0.3, 0.4) is 0 Å². The summed E-state index contributed by atoms with van der Waals surface area (Å²) >= 11 is 0. The highest BCUT2D eigenvalue weighted by atomic mass is 32.2. The topological polar surface area (TPSA) is 88.5 Å². The Labute approximate surface area is 193 Å². The van der Waals surface area contributed by atoms with Crippen molar-refractivity contribution in [3.05, 3.63) is 106 Å². The summed E-state index contributed by atoms with van der Waals surface area (Å²) in [7, 11) is -3.20. The van der Waals surface area contributed by atoms with Gasteiger partial charge in [0.15, 0.2) is 0 Å². The van der Waals surface area contributed by atoms with E-state index >= 15 is 0 Å². The van der Waals surface area contributed by atoms with E-state index in [0.29, 0.717) is 31.7 Å². The molecule has 1 fully saturated rings. The van der Waals surface area contributed by atoms with Crippen LogP contribution in [0.4, 0.5) is 5.69 Å². The first kappa shape index (κ1) is 22.5. The lowest BCUT2D eigenvalue weighted by molar-refractivity contribution is -0.116. The zero-order chi connectivity index (χ0) is 23.3. The van der Waals surface area contributed by atoms with E-state index in [2.05, 4.69) is 5.32 Å². The largest absolute Gasteiger partial charge is 0.348 e. The van der Waals surface area contributed by atoms with Gasteiger partial charge in [-0.25, -0.2) is 8.42 Å². The lowest BCUT2D eigenvalue weighted by Crippen LogP contribution is -2.24. The second-order valence-corrected chi connectivity index (χ2v) is 9.88. The highest BCUT2D eigenvalue weighted by molar-refractivity contribution is 7.93. The SMILES string of the molecule is O=C(/C=C/c1ccc(N2CCCS2(=O)=O)cc1)NCc1ccc(Cn2ccccc2=O)cc1. The average Bonchev–Trinajstić information content (AvgIpc) is 3.18. The maximum atomic E-state index is 12.2. The summed E-state index contributed by atoms with van der Waals surface area (Å²) in [6.07, 6.45) is 5.54. The van der Waals surface area contributed by atoms with Crippen LogP contribution in [0.15, 0.2) is 83.8 Å². The number of sulfonamides is 1. The van der Waals surface area contributed by atoms with Crippen LogP contribution in [0.2, 0.25) is 0 Å². The van der Waals surface area contributed by atoms with Crippen molar-refractivity contribution in [3.8, 4) is 0 Å². The molecule has 1 aliphatic heterocycles. The number of carbonyl (C=O) groups is 1. The lowest BCUT2D eigenvalue weighted by Gasteiger charge is -2.16. The molecule has 1 aliphatic rings. The van der Waals surface area contributed by atoms with Gasteiger partial charge >= 0.3 is 0 Å². The molecule has 0 spiro atoms. The number of nitrogens with one attached hydrogen (secondary N) is 1. The van der Waals surface area contributed by atoms with Gasteiger partial charge in [-0.15, -0.1) is 0 Å². The number of nitrogens with zero attached hydrogens (tertiary/aromatic N) is 2. The number of hydrogen-bond donors (Lipinski definition) is 1. The van der Waals surface area contributed by atoms with E-state index < -0.39 is 10.0 Å². The molecule has 0 radical (unpaired) electrons. The summed E-state index contributed by atoms with van der Waals surface area (Å²) in [5, 5.41) is 2.85. The van der Waals surface area contributed by atoms with Gasteiger partial charge < -0.3 is 9.88 Å². The van der Waals surface area contributed by atoms with Crippen molar-refractivity contribution in [1.29, 1.82) is 0 Å². The molecule has 1 amide bonds. The van der Waals surface area contributed by atoms with Crippen LogP contribution in [0.25, 0.3) is 6.08 Å². The van der Waals surface area contributed by atoms with Crippen molar-refractivity contribution in [1.82, 2.24) is 9.88 Å². The minimum absolute atomic E-state index is 0.0451. The van der Waals surface area contributed by atoms with Crippen molar-refractivity contribution in [2.45, 2.75) is 19.5 Å². The molecular weight excluding hydrogens is 438 g/mol. The zero-order valence-electron chi connectivity index (χ0n) is 18.1. The molecule has 2 heterocycles.